The first-order chi connectivity index (χ1) is 9.97. The Morgan fingerprint density at radius 3 is 2.62 bits per heavy atom. The Hall–Kier alpha value is -0.960. The molecule has 0 bridgehead atoms. The molecule has 3 rings (SSSR count). The normalized spacial score (nSPS) is 28.8. The highest BCUT2D eigenvalue weighted by Crippen LogP contribution is 2.42. The topological polar surface area (TPSA) is 24.4 Å². The van der Waals surface area contributed by atoms with E-state index in [4.69, 9.17) is 4.99 Å². The fourth-order valence-electron chi connectivity index (χ4n) is 3.90. The summed E-state index contributed by atoms with van der Waals surface area (Å²) < 4.78 is 0. The van der Waals surface area contributed by atoms with Crippen molar-refractivity contribution >= 4 is 22.6 Å². The highest BCUT2D eigenvalue weighted by molar-refractivity contribution is 8.14. The molecule has 0 radical (unpaired) electrons. The van der Waals surface area contributed by atoms with Crippen molar-refractivity contribution in [2.45, 2.75) is 58.9 Å². The van der Waals surface area contributed by atoms with Crippen LogP contribution in [0.3, 0.4) is 0 Å². The third-order valence-electron chi connectivity index (χ3n) is 4.79. The molecule has 21 heavy (non-hydrogen) atoms. The van der Waals surface area contributed by atoms with E-state index in [1.54, 1.807) is 0 Å². The van der Waals surface area contributed by atoms with Gasteiger partial charge in [-0.25, -0.2) is 0 Å². The van der Waals surface area contributed by atoms with E-state index < -0.39 is 0 Å². The molecule has 2 nitrogen and oxygen atoms in total. The second-order valence-electron chi connectivity index (χ2n) is 7.03. The summed E-state index contributed by atoms with van der Waals surface area (Å²) in [5, 5.41) is 4.73. The first kappa shape index (κ1) is 15.0. The average molecular weight is 302 g/mol. The zero-order valence-corrected chi connectivity index (χ0v) is 14.4. The lowest BCUT2D eigenvalue weighted by Gasteiger charge is -2.33. The maximum Gasteiger partial charge on any atom is 0.161 e. The third kappa shape index (κ3) is 3.13. The van der Waals surface area contributed by atoms with Gasteiger partial charge in [-0.2, -0.15) is 0 Å². The summed E-state index contributed by atoms with van der Waals surface area (Å²) in [5.74, 6) is 1.98. The molecule has 2 unspecified atom stereocenters. The number of aliphatic imine (C=N–C) groups is 1. The van der Waals surface area contributed by atoms with E-state index in [1.807, 2.05) is 11.8 Å². The summed E-state index contributed by atoms with van der Waals surface area (Å²) in [6, 6.07) is 4.49. The molecule has 1 aromatic rings. The van der Waals surface area contributed by atoms with Crippen molar-refractivity contribution in [2.75, 3.05) is 11.1 Å². The molecule has 1 aliphatic carbocycles. The second kappa shape index (κ2) is 5.68. The molecule has 3 heteroatoms. The molecule has 0 amide bonds. The zero-order valence-electron chi connectivity index (χ0n) is 13.6. The largest absolute Gasteiger partial charge is 0.335 e. The standard InChI is InChI=1S/C18H26N2S/c1-12-6-5-7-18(10-12)11-21-17(20-18)19-16-14(3)8-13(2)9-15(16)4/h8-9,12H,5-7,10-11H2,1-4H3,(H,19,20). The van der Waals surface area contributed by atoms with Crippen LogP contribution in [0.25, 0.3) is 0 Å². The lowest BCUT2D eigenvalue weighted by molar-refractivity contribution is 0.266. The van der Waals surface area contributed by atoms with Crippen LogP contribution >= 0.6 is 11.8 Å². The van der Waals surface area contributed by atoms with Crippen molar-refractivity contribution in [3.8, 4) is 0 Å². The van der Waals surface area contributed by atoms with E-state index >= 15 is 0 Å². The Balaban J connectivity index is 1.80. The molecule has 0 aromatic heterocycles. The third-order valence-corrected chi connectivity index (χ3v) is 5.94. The lowest BCUT2D eigenvalue weighted by Crippen LogP contribution is -2.33. The Labute approximate surface area is 132 Å². The first-order valence-electron chi connectivity index (χ1n) is 8.05. The van der Waals surface area contributed by atoms with Gasteiger partial charge >= 0.3 is 0 Å². The van der Waals surface area contributed by atoms with Crippen LogP contribution in [0.5, 0.6) is 0 Å². The summed E-state index contributed by atoms with van der Waals surface area (Å²) in [6.45, 7) is 8.90. The SMILES string of the molecule is Cc1cc(C)c(NC2=NC3(CCCC(C)C3)CS2)c(C)c1. The fraction of sp³-hybridized carbons (Fsp3) is 0.611. The zero-order chi connectivity index (χ0) is 15.0. The molecule has 114 valence electrons. The molecule has 2 atom stereocenters. The molecular weight excluding hydrogens is 276 g/mol. The number of benzene rings is 1. The number of hydrogen-bond donors (Lipinski definition) is 1. The van der Waals surface area contributed by atoms with E-state index in [0.29, 0.717) is 0 Å². The summed E-state index contributed by atoms with van der Waals surface area (Å²) in [6.07, 6.45) is 5.24. The van der Waals surface area contributed by atoms with Crippen molar-refractivity contribution in [1.29, 1.82) is 0 Å². The number of aryl methyl sites for hydroxylation is 3. The molecule has 1 spiro atoms. The van der Waals surface area contributed by atoms with Crippen LogP contribution in [0.15, 0.2) is 17.1 Å². The molecule has 0 saturated heterocycles. The summed E-state index contributed by atoms with van der Waals surface area (Å²) in [5.41, 5.74) is 5.42. The van der Waals surface area contributed by atoms with Gasteiger partial charge in [0.25, 0.3) is 0 Å². The van der Waals surface area contributed by atoms with E-state index in [-0.39, 0.29) is 5.54 Å². The van der Waals surface area contributed by atoms with E-state index in [1.165, 1.54) is 48.1 Å². The van der Waals surface area contributed by atoms with Crippen molar-refractivity contribution in [3.05, 3.63) is 28.8 Å². The van der Waals surface area contributed by atoms with Crippen molar-refractivity contribution < 1.29 is 0 Å². The fourth-order valence-corrected chi connectivity index (χ4v) is 5.06. The van der Waals surface area contributed by atoms with Gasteiger partial charge in [-0.3, -0.25) is 4.99 Å². The number of anilines is 1. The van der Waals surface area contributed by atoms with Gasteiger partial charge in [-0.05, 0) is 50.7 Å². The summed E-state index contributed by atoms with van der Waals surface area (Å²) >= 11 is 1.91. The predicted octanol–water partition coefficient (Wildman–Crippen LogP) is 5.08. The number of thioether (sulfide) groups is 1. The maximum atomic E-state index is 5.10. The molecule has 2 aliphatic rings. The van der Waals surface area contributed by atoms with E-state index in [2.05, 4.69) is 45.1 Å². The van der Waals surface area contributed by atoms with Gasteiger partial charge in [0.1, 0.15) is 0 Å². The van der Waals surface area contributed by atoms with Crippen LogP contribution in [-0.4, -0.2) is 16.5 Å². The quantitative estimate of drug-likeness (QED) is 0.782. The van der Waals surface area contributed by atoms with Gasteiger partial charge in [0.15, 0.2) is 5.17 Å². The number of amidine groups is 1. The summed E-state index contributed by atoms with van der Waals surface area (Å²) in [4.78, 5) is 5.10. The summed E-state index contributed by atoms with van der Waals surface area (Å²) in [7, 11) is 0. The van der Waals surface area contributed by atoms with Crippen LogP contribution in [0.4, 0.5) is 5.69 Å². The van der Waals surface area contributed by atoms with Gasteiger partial charge in [0.2, 0.25) is 0 Å². The molecule has 1 heterocycles. The molecule has 1 aliphatic heterocycles. The second-order valence-corrected chi connectivity index (χ2v) is 7.99. The smallest absolute Gasteiger partial charge is 0.161 e. The number of nitrogens with one attached hydrogen (secondary N) is 1. The molecular formula is C18H26N2S. The minimum absolute atomic E-state index is 0.219. The van der Waals surface area contributed by atoms with Gasteiger partial charge in [0, 0.05) is 11.4 Å². The van der Waals surface area contributed by atoms with E-state index in [0.717, 1.165) is 16.8 Å². The highest BCUT2D eigenvalue weighted by atomic mass is 32.2. The van der Waals surface area contributed by atoms with Gasteiger partial charge in [-0.1, -0.05) is 49.2 Å². The van der Waals surface area contributed by atoms with Crippen LogP contribution < -0.4 is 5.32 Å². The van der Waals surface area contributed by atoms with Crippen LogP contribution in [0.1, 0.15) is 49.3 Å². The van der Waals surface area contributed by atoms with Gasteiger partial charge < -0.3 is 5.32 Å². The molecule has 1 saturated carbocycles. The first-order valence-corrected chi connectivity index (χ1v) is 9.03. The monoisotopic (exact) mass is 302 g/mol. The van der Waals surface area contributed by atoms with Crippen LogP contribution in [0.2, 0.25) is 0 Å². The Morgan fingerprint density at radius 2 is 1.95 bits per heavy atom. The van der Waals surface area contributed by atoms with E-state index in [9.17, 15) is 0 Å². The lowest BCUT2D eigenvalue weighted by atomic mass is 9.78. The minimum atomic E-state index is 0.219. The van der Waals surface area contributed by atoms with Gasteiger partial charge in [0.05, 0.1) is 5.54 Å². The van der Waals surface area contributed by atoms with Crippen LogP contribution in [0, 0.1) is 26.7 Å². The Bertz CT molecular complexity index is 556. The number of rotatable bonds is 1. The number of nitrogens with zero attached hydrogens (tertiary/aromatic N) is 1. The Morgan fingerprint density at radius 1 is 1.24 bits per heavy atom. The maximum absolute atomic E-state index is 5.10. The number of hydrogen-bond acceptors (Lipinski definition) is 3. The molecule has 1 fully saturated rings. The molecule has 1 aromatic carbocycles. The van der Waals surface area contributed by atoms with Crippen molar-refractivity contribution in [3.63, 3.8) is 0 Å². The van der Waals surface area contributed by atoms with Gasteiger partial charge in [-0.15, -0.1) is 0 Å². The Kier molecular flexibility index (Phi) is 4.04. The molecule has 1 N–H and O–H groups in total. The predicted molar refractivity (Wildman–Crippen MR) is 94.5 cm³/mol. The van der Waals surface area contributed by atoms with Crippen molar-refractivity contribution in [1.82, 2.24) is 0 Å². The van der Waals surface area contributed by atoms with Crippen LogP contribution in [-0.2, 0) is 0 Å². The average Bonchev–Trinajstić information content (AvgIpc) is 2.76. The highest BCUT2D eigenvalue weighted by Gasteiger charge is 2.39. The van der Waals surface area contributed by atoms with Crippen molar-refractivity contribution in [2.24, 2.45) is 10.9 Å². The minimum Gasteiger partial charge on any atom is -0.335 e.